The first kappa shape index (κ1) is 22.1. The maximum absolute atomic E-state index is 13.3. The molecule has 1 N–H and O–H groups in total. The highest BCUT2D eigenvalue weighted by Gasteiger charge is 2.47. The maximum Gasteiger partial charge on any atom is 0.300 e. The van der Waals surface area contributed by atoms with Crippen molar-refractivity contribution in [2.45, 2.75) is 13.0 Å². The van der Waals surface area contributed by atoms with Crippen molar-refractivity contribution in [3.8, 4) is 5.75 Å². The molecule has 0 aliphatic carbocycles. The summed E-state index contributed by atoms with van der Waals surface area (Å²) in [7, 11) is 5.40. The minimum Gasteiger partial charge on any atom is -0.507 e. The SMILES string of the molecule is COc1cccc(/C(O)=C2/C(=O)C(=O)N(c3ccc(N(C)C)cc3)C2c2cccc(C)c2)c1. The highest BCUT2D eigenvalue weighted by atomic mass is 16.5. The third kappa shape index (κ3) is 4.07. The zero-order valence-corrected chi connectivity index (χ0v) is 19.1. The molecule has 1 fully saturated rings. The number of amides is 1. The summed E-state index contributed by atoms with van der Waals surface area (Å²) in [6.07, 6.45) is 0. The normalized spacial score (nSPS) is 17.3. The largest absolute Gasteiger partial charge is 0.507 e. The zero-order chi connectivity index (χ0) is 23.7. The average Bonchev–Trinajstić information content (AvgIpc) is 3.09. The van der Waals surface area contributed by atoms with Crippen LogP contribution in [0, 0.1) is 6.92 Å². The number of ketones is 1. The summed E-state index contributed by atoms with van der Waals surface area (Å²) >= 11 is 0. The van der Waals surface area contributed by atoms with Gasteiger partial charge in [-0.25, -0.2) is 0 Å². The van der Waals surface area contributed by atoms with Crippen molar-refractivity contribution in [2.24, 2.45) is 0 Å². The third-order valence-electron chi connectivity index (χ3n) is 5.79. The summed E-state index contributed by atoms with van der Waals surface area (Å²) in [4.78, 5) is 29.9. The summed E-state index contributed by atoms with van der Waals surface area (Å²) in [5.74, 6) is -1.09. The van der Waals surface area contributed by atoms with Gasteiger partial charge in [-0.05, 0) is 48.9 Å². The second-order valence-corrected chi connectivity index (χ2v) is 8.23. The van der Waals surface area contributed by atoms with Crippen LogP contribution in [0.25, 0.3) is 5.76 Å². The van der Waals surface area contributed by atoms with Crippen LogP contribution < -0.4 is 14.5 Å². The van der Waals surface area contributed by atoms with Gasteiger partial charge in [0, 0.05) is 31.0 Å². The number of aliphatic hydroxyl groups is 1. The minimum atomic E-state index is -0.763. The van der Waals surface area contributed by atoms with Gasteiger partial charge in [0.25, 0.3) is 11.7 Å². The van der Waals surface area contributed by atoms with E-state index in [0.717, 1.165) is 16.8 Å². The molecule has 168 valence electrons. The van der Waals surface area contributed by atoms with Crippen LogP contribution >= 0.6 is 0 Å². The molecule has 1 atom stereocenters. The van der Waals surface area contributed by atoms with Gasteiger partial charge in [0.2, 0.25) is 0 Å². The monoisotopic (exact) mass is 442 g/mol. The first-order chi connectivity index (χ1) is 15.8. The van der Waals surface area contributed by atoms with Gasteiger partial charge in [-0.15, -0.1) is 0 Å². The summed E-state index contributed by atoms with van der Waals surface area (Å²) < 4.78 is 5.26. The van der Waals surface area contributed by atoms with Crippen LogP contribution in [-0.4, -0.2) is 38.0 Å². The Labute approximate surface area is 193 Å². The van der Waals surface area contributed by atoms with Gasteiger partial charge < -0.3 is 14.7 Å². The number of anilines is 2. The second kappa shape index (κ2) is 8.82. The molecule has 0 radical (unpaired) electrons. The molecule has 1 aliphatic rings. The Morgan fingerprint density at radius 3 is 2.30 bits per heavy atom. The number of ether oxygens (including phenoxy) is 1. The predicted octanol–water partition coefficient (Wildman–Crippen LogP) is 4.70. The Balaban J connectivity index is 1.92. The Bertz CT molecular complexity index is 1240. The quantitative estimate of drug-likeness (QED) is 0.353. The molecular weight excluding hydrogens is 416 g/mol. The number of methoxy groups -OCH3 is 1. The standard InChI is InChI=1S/C27H26N2O4/c1-17-7-5-8-18(15-17)24-23(25(30)19-9-6-10-22(16-19)33-4)26(31)27(32)29(24)21-13-11-20(12-14-21)28(2)3/h5-16,24,30H,1-4H3/b25-23-. The fraction of sp³-hybridized carbons (Fsp3) is 0.185. The van der Waals surface area contributed by atoms with Crippen LogP contribution in [0.5, 0.6) is 5.75 Å². The van der Waals surface area contributed by atoms with Gasteiger partial charge in [0.05, 0.1) is 18.7 Å². The molecule has 0 aromatic heterocycles. The number of carbonyl (C=O) groups excluding carboxylic acids is 2. The average molecular weight is 443 g/mol. The molecular formula is C27H26N2O4. The van der Waals surface area contributed by atoms with Crippen molar-refractivity contribution in [3.05, 3.63) is 95.1 Å². The van der Waals surface area contributed by atoms with Crippen molar-refractivity contribution in [2.75, 3.05) is 31.0 Å². The van der Waals surface area contributed by atoms with Crippen molar-refractivity contribution in [1.82, 2.24) is 0 Å². The molecule has 1 amide bonds. The van der Waals surface area contributed by atoms with E-state index in [-0.39, 0.29) is 11.3 Å². The van der Waals surface area contributed by atoms with Crippen LogP contribution in [0.3, 0.4) is 0 Å². The molecule has 6 heteroatoms. The number of rotatable bonds is 5. The van der Waals surface area contributed by atoms with Gasteiger partial charge >= 0.3 is 0 Å². The van der Waals surface area contributed by atoms with Crippen LogP contribution in [0.4, 0.5) is 11.4 Å². The maximum atomic E-state index is 13.3. The highest BCUT2D eigenvalue weighted by Crippen LogP contribution is 2.42. The van der Waals surface area contributed by atoms with Crippen LogP contribution in [0.15, 0.2) is 78.4 Å². The van der Waals surface area contributed by atoms with E-state index in [9.17, 15) is 14.7 Å². The molecule has 1 saturated heterocycles. The van der Waals surface area contributed by atoms with Gasteiger partial charge in [-0.3, -0.25) is 14.5 Å². The summed E-state index contributed by atoms with van der Waals surface area (Å²) in [5.41, 5.74) is 3.75. The van der Waals surface area contributed by atoms with Crippen molar-refractivity contribution < 1.29 is 19.4 Å². The number of Topliss-reactive ketones (excluding diaryl/α,β-unsaturated/α-hetero) is 1. The number of carbonyl (C=O) groups is 2. The molecule has 3 aromatic rings. The summed E-state index contributed by atoms with van der Waals surface area (Å²) in [5, 5.41) is 11.2. The molecule has 1 aliphatic heterocycles. The molecule has 1 unspecified atom stereocenters. The predicted molar refractivity (Wildman–Crippen MR) is 130 cm³/mol. The van der Waals surface area contributed by atoms with Crippen molar-refractivity contribution >= 4 is 28.8 Å². The van der Waals surface area contributed by atoms with E-state index in [1.165, 1.54) is 12.0 Å². The van der Waals surface area contributed by atoms with E-state index in [0.29, 0.717) is 17.0 Å². The van der Waals surface area contributed by atoms with Crippen LogP contribution in [0.1, 0.15) is 22.7 Å². The second-order valence-electron chi connectivity index (χ2n) is 8.23. The van der Waals surface area contributed by atoms with E-state index in [4.69, 9.17) is 4.74 Å². The van der Waals surface area contributed by atoms with E-state index in [1.54, 1.807) is 24.3 Å². The van der Waals surface area contributed by atoms with E-state index in [1.807, 2.05) is 74.4 Å². The Kier molecular flexibility index (Phi) is 5.92. The summed E-state index contributed by atoms with van der Waals surface area (Å²) in [6, 6.07) is 21.1. The van der Waals surface area contributed by atoms with Gasteiger partial charge in [0.1, 0.15) is 11.5 Å². The number of hydrogen-bond donors (Lipinski definition) is 1. The lowest BCUT2D eigenvalue weighted by Gasteiger charge is -2.26. The lowest BCUT2D eigenvalue weighted by molar-refractivity contribution is -0.132. The summed E-state index contributed by atoms with van der Waals surface area (Å²) in [6.45, 7) is 1.95. The van der Waals surface area contributed by atoms with Gasteiger partial charge in [0.15, 0.2) is 0 Å². The van der Waals surface area contributed by atoms with Crippen molar-refractivity contribution in [1.29, 1.82) is 0 Å². The Morgan fingerprint density at radius 2 is 1.67 bits per heavy atom. The molecule has 0 spiro atoms. The number of benzene rings is 3. The lowest BCUT2D eigenvalue weighted by Crippen LogP contribution is -2.29. The van der Waals surface area contributed by atoms with Gasteiger partial charge in [-0.2, -0.15) is 0 Å². The minimum absolute atomic E-state index is 0.0514. The molecule has 4 rings (SSSR count). The lowest BCUT2D eigenvalue weighted by atomic mass is 9.94. The molecule has 3 aromatic carbocycles. The van der Waals surface area contributed by atoms with E-state index >= 15 is 0 Å². The third-order valence-corrected chi connectivity index (χ3v) is 5.79. The van der Waals surface area contributed by atoms with Crippen LogP contribution in [-0.2, 0) is 9.59 Å². The first-order valence-corrected chi connectivity index (χ1v) is 10.6. The zero-order valence-electron chi connectivity index (χ0n) is 19.1. The van der Waals surface area contributed by atoms with Crippen LogP contribution in [0.2, 0.25) is 0 Å². The first-order valence-electron chi connectivity index (χ1n) is 10.6. The number of hydrogen-bond acceptors (Lipinski definition) is 5. The number of aryl methyl sites for hydroxylation is 1. The smallest absolute Gasteiger partial charge is 0.300 e. The number of nitrogens with zero attached hydrogens (tertiary/aromatic N) is 2. The fourth-order valence-electron chi connectivity index (χ4n) is 4.09. The topological polar surface area (TPSA) is 70.1 Å². The van der Waals surface area contributed by atoms with E-state index < -0.39 is 17.7 Å². The molecule has 33 heavy (non-hydrogen) atoms. The number of aliphatic hydroxyl groups excluding tert-OH is 1. The Morgan fingerprint density at radius 1 is 0.970 bits per heavy atom. The molecule has 6 nitrogen and oxygen atoms in total. The molecule has 1 heterocycles. The van der Waals surface area contributed by atoms with E-state index in [2.05, 4.69) is 0 Å². The fourth-order valence-corrected chi connectivity index (χ4v) is 4.09. The highest BCUT2D eigenvalue weighted by molar-refractivity contribution is 6.51. The Hall–Kier alpha value is -4.06. The van der Waals surface area contributed by atoms with Crippen molar-refractivity contribution in [3.63, 3.8) is 0 Å². The van der Waals surface area contributed by atoms with Gasteiger partial charge in [-0.1, -0.05) is 42.0 Å². The molecule has 0 bridgehead atoms. The molecule has 0 saturated carbocycles.